The van der Waals surface area contributed by atoms with Crippen molar-refractivity contribution in [2.24, 2.45) is 0 Å². The maximum atomic E-state index is 11.9. The summed E-state index contributed by atoms with van der Waals surface area (Å²) in [4.78, 5) is 13.0. The number of likely N-dealkylation sites (N-methyl/N-ethyl adjacent to an activating group) is 1. The standard InChI is InChI=1S/C9H15F3N2OS/c1-13-7-3-2-4-14(5-7)8(15)6-16-9(10,11)12/h7,13H,2-6H2,1H3. The van der Waals surface area contributed by atoms with Gasteiger partial charge in [-0.05, 0) is 31.7 Å². The fourth-order valence-electron chi connectivity index (χ4n) is 1.67. The smallest absolute Gasteiger partial charge is 0.340 e. The zero-order valence-corrected chi connectivity index (χ0v) is 9.83. The highest BCUT2D eigenvalue weighted by Crippen LogP contribution is 2.30. The van der Waals surface area contributed by atoms with E-state index in [0.717, 1.165) is 12.8 Å². The molecule has 1 rings (SSSR count). The first-order valence-corrected chi connectivity index (χ1v) is 6.06. The third-order valence-electron chi connectivity index (χ3n) is 2.54. The van der Waals surface area contributed by atoms with Crippen LogP contribution in [-0.2, 0) is 4.79 Å². The molecule has 0 aromatic heterocycles. The highest BCUT2D eigenvalue weighted by Gasteiger charge is 2.31. The maximum Gasteiger partial charge on any atom is 0.442 e. The van der Waals surface area contributed by atoms with Gasteiger partial charge in [0, 0.05) is 19.1 Å². The summed E-state index contributed by atoms with van der Waals surface area (Å²) in [6, 6.07) is 0.202. The van der Waals surface area contributed by atoms with Crippen LogP contribution in [0.5, 0.6) is 0 Å². The third-order valence-corrected chi connectivity index (χ3v) is 3.26. The molecule has 1 aliphatic rings. The van der Waals surface area contributed by atoms with Gasteiger partial charge in [0.2, 0.25) is 5.91 Å². The Morgan fingerprint density at radius 2 is 2.25 bits per heavy atom. The zero-order valence-electron chi connectivity index (χ0n) is 9.01. The summed E-state index contributed by atoms with van der Waals surface area (Å²) in [7, 11) is 1.79. The Morgan fingerprint density at radius 3 is 2.81 bits per heavy atom. The van der Waals surface area contributed by atoms with Crippen LogP contribution in [0.3, 0.4) is 0 Å². The Labute approximate surface area is 96.7 Å². The van der Waals surface area contributed by atoms with Crippen molar-refractivity contribution in [3.63, 3.8) is 0 Å². The van der Waals surface area contributed by atoms with Gasteiger partial charge in [0.15, 0.2) is 0 Å². The first-order chi connectivity index (χ1) is 7.42. The summed E-state index contributed by atoms with van der Waals surface area (Å²) in [5.74, 6) is -0.942. The van der Waals surface area contributed by atoms with Crippen molar-refractivity contribution >= 4 is 17.7 Å². The molecule has 7 heteroatoms. The Morgan fingerprint density at radius 1 is 1.56 bits per heavy atom. The van der Waals surface area contributed by atoms with Crippen LogP contribution in [0.1, 0.15) is 12.8 Å². The van der Waals surface area contributed by atoms with Crippen LogP contribution in [0.4, 0.5) is 13.2 Å². The second-order valence-corrected chi connectivity index (χ2v) is 4.74. The third kappa shape index (κ3) is 4.61. The van der Waals surface area contributed by atoms with Crippen LogP contribution in [0.2, 0.25) is 0 Å². The molecule has 1 heterocycles. The van der Waals surface area contributed by atoms with Crippen molar-refractivity contribution < 1.29 is 18.0 Å². The van der Waals surface area contributed by atoms with Gasteiger partial charge in [-0.3, -0.25) is 4.79 Å². The topological polar surface area (TPSA) is 32.3 Å². The number of rotatable bonds is 3. The second kappa shape index (κ2) is 5.77. The van der Waals surface area contributed by atoms with Gasteiger partial charge >= 0.3 is 5.51 Å². The number of nitrogens with zero attached hydrogens (tertiary/aromatic N) is 1. The average Bonchev–Trinajstić information content (AvgIpc) is 2.25. The Balaban J connectivity index is 2.36. The van der Waals surface area contributed by atoms with Crippen LogP contribution in [-0.4, -0.2) is 48.2 Å². The van der Waals surface area contributed by atoms with E-state index in [0.29, 0.717) is 13.1 Å². The number of likely N-dealkylation sites (tertiary alicyclic amines) is 1. The van der Waals surface area contributed by atoms with Crippen molar-refractivity contribution in [1.29, 1.82) is 0 Å². The second-order valence-electron chi connectivity index (χ2n) is 3.70. The highest BCUT2D eigenvalue weighted by atomic mass is 32.2. The normalized spacial score (nSPS) is 22.2. The quantitative estimate of drug-likeness (QED) is 0.829. The van der Waals surface area contributed by atoms with Crippen molar-refractivity contribution in [1.82, 2.24) is 10.2 Å². The first kappa shape index (κ1) is 13.6. The van der Waals surface area contributed by atoms with Crippen molar-refractivity contribution in [2.75, 3.05) is 25.9 Å². The van der Waals surface area contributed by atoms with Crippen LogP contribution in [0, 0.1) is 0 Å². The molecule has 1 unspecified atom stereocenters. The molecular formula is C9H15F3N2OS. The van der Waals surface area contributed by atoms with Gasteiger partial charge in [0.25, 0.3) is 0 Å². The molecule has 0 aromatic carbocycles. The lowest BCUT2D eigenvalue weighted by Crippen LogP contribution is -2.47. The number of carbonyl (C=O) groups is 1. The van der Waals surface area contributed by atoms with E-state index in [9.17, 15) is 18.0 Å². The van der Waals surface area contributed by atoms with Gasteiger partial charge in [0.05, 0.1) is 5.75 Å². The van der Waals surface area contributed by atoms with Crippen molar-refractivity contribution in [3.05, 3.63) is 0 Å². The molecule has 1 aliphatic heterocycles. The van der Waals surface area contributed by atoms with E-state index < -0.39 is 17.2 Å². The number of halogens is 3. The Kier molecular flexibility index (Phi) is 4.91. The number of piperidine rings is 1. The lowest BCUT2D eigenvalue weighted by atomic mass is 10.1. The number of nitrogens with one attached hydrogen (secondary N) is 1. The molecule has 0 spiro atoms. The van der Waals surface area contributed by atoms with Crippen molar-refractivity contribution in [2.45, 2.75) is 24.4 Å². The summed E-state index contributed by atoms with van der Waals surface area (Å²) in [5, 5.41) is 3.04. The molecule has 1 N–H and O–H groups in total. The minimum atomic E-state index is -4.33. The van der Waals surface area contributed by atoms with E-state index in [4.69, 9.17) is 0 Å². The molecule has 0 saturated carbocycles. The molecule has 16 heavy (non-hydrogen) atoms. The molecule has 0 bridgehead atoms. The number of thioether (sulfide) groups is 1. The van der Waals surface area contributed by atoms with Crippen LogP contribution >= 0.6 is 11.8 Å². The molecular weight excluding hydrogens is 241 g/mol. The van der Waals surface area contributed by atoms with Gasteiger partial charge in [-0.2, -0.15) is 13.2 Å². The largest absolute Gasteiger partial charge is 0.442 e. The number of carbonyl (C=O) groups excluding carboxylic acids is 1. The van der Waals surface area contributed by atoms with Crippen molar-refractivity contribution in [3.8, 4) is 0 Å². The summed E-state index contributed by atoms with van der Waals surface area (Å²) < 4.78 is 35.7. The summed E-state index contributed by atoms with van der Waals surface area (Å²) in [5.41, 5.74) is -4.33. The van der Waals surface area contributed by atoms with E-state index in [1.807, 2.05) is 0 Å². The first-order valence-electron chi connectivity index (χ1n) is 5.08. The molecule has 1 saturated heterocycles. The van der Waals surface area contributed by atoms with E-state index in [-0.39, 0.29) is 17.8 Å². The summed E-state index contributed by atoms with van der Waals surface area (Å²) in [6.45, 7) is 1.07. The molecule has 94 valence electrons. The van der Waals surface area contributed by atoms with E-state index >= 15 is 0 Å². The van der Waals surface area contributed by atoms with E-state index in [1.54, 1.807) is 7.05 Å². The lowest BCUT2D eigenvalue weighted by molar-refractivity contribution is -0.129. The fourth-order valence-corrected chi connectivity index (χ4v) is 2.14. The number of hydrogen-bond acceptors (Lipinski definition) is 3. The van der Waals surface area contributed by atoms with Gasteiger partial charge in [-0.1, -0.05) is 0 Å². The molecule has 1 atom stereocenters. The fraction of sp³-hybridized carbons (Fsp3) is 0.889. The van der Waals surface area contributed by atoms with E-state index in [2.05, 4.69) is 5.32 Å². The van der Waals surface area contributed by atoms with Gasteiger partial charge < -0.3 is 10.2 Å². The van der Waals surface area contributed by atoms with Crippen LogP contribution < -0.4 is 5.32 Å². The summed E-state index contributed by atoms with van der Waals surface area (Å²) >= 11 is -0.267. The maximum absolute atomic E-state index is 11.9. The molecule has 0 aliphatic carbocycles. The predicted molar refractivity (Wildman–Crippen MR) is 57.2 cm³/mol. The monoisotopic (exact) mass is 256 g/mol. The number of hydrogen-bond donors (Lipinski definition) is 1. The number of amides is 1. The van der Waals surface area contributed by atoms with Gasteiger partial charge in [0.1, 0.15) is 0 Å². The molecule has 0 radical (unpaired) electrons. The average molecular weight is 256 g/mol. The minimum Gasteiger partial charge on any atom is -0.340 e. The lowest BCUT2D eigenvalue weighted by Gasteiger charge is -2.32. The van der Waals surface area contributed by atoms with Crippen LogP contribution in [0.15, 0.2) is 0 Å². The zero-order chi connectivity index (χ0) is 12.2. The van der Waals surface area contributed by atoms with Crippen LogP contribution in [0.25, 0.3) is 0 Å². The highest BCUT2D eigenvalue weighted by molar-refractivity contribution is 8.00. The SMILES string of the molecule is CNC1CCCN(C(=O)CSC(F)(F)F)C1. The van der Waals surface area contributed by atoms with Gasteiger partial charge in [-0.25, -0.2) is 0 Å². The van der Waals surface area contributed by atoms with E-state index in [1.165, 1.54) is 4.90 Å². The van der Waals surface area contributed by atoms with Gasteiger partial charge in [-0.15, -0.1) is 0 Å². The molecule has 1 amide bonds. The minimum absolute atomic E-state index is 0.202. The summed E-state index contributed by atoms with van der Waals surface area (Å²) in [6.07, 6.45) is 1.81. The Bertz CT molecular complexity index is 247. The molecule has 0 aromatic rings. The number of alkyl halides is 3. The Hall–Kier alpha value is -0.430. The molecule has 1 fully saturated rings. The molecule has 3 nitrogen and oxygen atoms in total. The predicted octanol–water partition coefficient (Wildman–Crippen LogP) is 1.45.